The molecule has 0 atom stereocenters. The maximum atomic E-state index is 12.5. The van der Waals surface area contributed by atoms with Gasteiger partial charge in [0.05, 0.1) is 10.7 Å². The quantitative estimate of drug-likeness (QED) is 0.716. The minimum atomic E-state index is -0.154. The number of halogens is 1. The molecule has 0 radical (unpaired) electrons. The molecule has 30 heavy (non-hydrogen) atoms. The van der Waals surface area contributed by atoms with Gasteiger partial charge in [0.1, 0.15) is 0 Å². The lowest BCUT2D eigenvalue weighted by atomic mass is 10.1. The lowest BCUT2D eigenvalue weighted by molar-refractivity contribution is -0.132. The highest BCUT2D eigenvalue weighted by Crippen LogP contribution is 2.30. The summed E-state index contributed by atoms with van der Waals surface area (Å²) in [6.45, 7) is 9.12. The highest BCUT2D eigenvalue weighted by Gasteiger charge is 2.23. The van der Waals surface area contributed by atoms with Gasteiger partial charge in [-0.1, -0.05) is 44.5 Å². The second kappa shape index (κ2) is 9.98. The second-order valence-corrected chi connectivity index (χ2v) is 8.54. The van der Waals surface area contributed by atoms with Crippen LogP contribution in [0.25, 0.3) is 0 Å². The molecule has 0 spiro atoms. The predicted molar refractivity (Wildman–Crippen MR) is 123 cm³/mol. The van der Waals surface area contributed by atoms with E-state index < -0.39 is 0 Å². The van der Waals surface area contributed by atoms with E-state index in [9.17, 15) is 9.59 Å². The third-order valence-electron chi connectivity index (χ3n) is 5.39. The third kappa shape index (κ3) is 5.54. The number of nitrogens with zero attached hydrogens (tertiary/aromatic N) is 2. The zero-order chi connectivity index (χ0) is 21.7. The summed E-state index contributed by atoms with van der Waals surface area (Å²) in [4.78, 5) is 28.9. The van der Waals surface area contributed by atoms with Crippen LogP contribution in [0.2, 0.25) is 5.02 Å². The number of piperazine rings is 1. The fourth-order valence-corrected chi connectivity index (χ4v) is 3.91. The molecule has 1 N–H and O–H groups in total. The number of benzene rings is 2. The molecule has 2 amide bonds. The average Bonchev–Trinajstić information content (AvgIpc) is 2.73. The number of carbonyl (C=O) groups excluding carboxylic acids is 2. The first kappa shape index (κ1) is 22.2. The van der Waals surface area contributed by atoms with Crippen LogP contribution in [-0.4, -0.2) is 42.9 Å². The van der Waals surface area contributed by atoms with Crippen molar-refractivity contribution in [2.75, 3.05) is 36.4 Å². The highest BCUT2D eigenvalue weighted by atomic mass is 35.5. The molecule has 0 aromatic heterocycles. The van der Waals surface area contributed by atoms with Crippen LogP contribution >= 0.6 is 11.6 Å². The van der Waals surface area contributed by atoms with E-state index in [1.54, 1.807) is 6.07 Å². The number of nitrogens with one attached hydrogen (secondary N) is 1. The molecule has 2 aromatic carbocycles. The summed E-state index contributed by atoms with van der Waals surface area (Å²) in [7, 11) is 0. The van der Waals surface area contributed by atoms with Crippen LogP contribution in [0.3, 0.4) is 0 Å². The van der Waals surface area contributed by atoms with E-state index in [0.29, 0.717) is 41.7 Å². The van der Waals surface area contributed by atoms with Crippen molar-refractivity contribution in [3.05, 3.63) is 58.6 Å². The van der Waals surface area contributed by atoms with Crippen LogP contribution in [0.15, 0.2) is 42.5 Å². The highest BCUT2D eigenvalue weighted by molar-refractivity contribution is 6.33. The van der Waals surface area contributed by atoms with E-state index >= 15 is 0 Å². The minimum Gasteiger partial charge on any atom is -0.367 e. The Balaban J connectivity index is 1.60. The van der Waals surface area contributed by atoms with Crippen molar-refractivity contribution in [1.82, 2.24) is 4.90 Å². The molecule has 1 saturated heterocycles. The van der Waals surface area contributed by atoms with E-state index in [2.05, 4.69) is 31.0 Å². The molecular formula is C24H30ClN3O2. The van der Waals surface area contributed by atoms with E-state index in [0.717, 1.165) is 25.2 Å². The number of aryl methyl sites for hydroxylation is 1. The van der Waals surface area contributed by atoms with Crippen molar-refractivity contribution in [2.24, 2.45) is 5.92 Å². The molecule has 1 aliphatic rings. The monoisotopic (exact) mass is 427 g/mol. The fourth-order valence-electron chi connectivity index (χ4n) is 3.61. The first-order chi connectivity index (χ1) is 14.4. The van der Waals surface area contributed by atoms with E-state index in [-0.39, 0.29) is 11.8 Å². The van der Waals surface area contributed by atoms with E-state index in [1.165, 1.54) is 5.56 Å². The van der Waals surface area contributed by atoms with Gasteiger partial charge in [0, 0.05) is 43.9 Å². The number of hydrogen-bond acceptors (Lipinski definition) is 3. The topological polar surface area (TPSA) is 52.7 Å². The van der Waals surface area contributed by atoms with Crippen LogP contribution < -0.4 is 10.2 Å². The molecule has 6 heteroatoms. The van der Waals surface area contributed by atoms with Gasteiger partial charge in [-0.2, -0.15) is 0 Å². The molecule has 160 valence electrons. The predicted octanol–water partition coefficient (Wildman–Crippen LogP) is 4.85. The molecule has 1 heterocycles. The van der Waals surface area contributed by atoms with Gasteiger partial charge in [-0.25, -0.2) is 0 Å². The summed E-state index contributed by atoms with van der Waals surface area (Å²) < 4.78 is 0. The smallest absolute Gasteiger partial charge is 0.255 e. The first-order valence-electron chi connectivity index (χ1n) is 10.6. The third-order valence-corrected chi connectivity index (χ3v) is 5.69. The molecule has 1 aliphatic heterocycles. The summed E-state index contributed by atoms with van der Waals surface area (Å²) in [5, 5.41) is 3.51. The summed E-state index contributed by atoms with van der Waals surface area (Å²) in [6.07, 6.45) is 1.54. The van der Waals surface area contributed by atoms with Gasteiger partial charge in [-0.15, -0.1) is 0 Å². The number of anilines is 2. The van der Waals surface area contributed by atoms with Crippen molar-refractivity contribution in [2.45, 2.75) is 33.6 Å². The number of amides is 2. The van der Waals surface area contributed by atoms with Gasteiger partial charge < -0.3 is 15.1 Å². The Labute approximate surface area is 184 Å². The van der Waals surface area contributed by atoms with Crippen LogP contribution in [0.5, 0.6) is 0 Å². The Bertz CT molecular complexity index is 888. The molecule has 1 fully saturated rings. The van der Waals surface area contributed by atoms with Gasteiger partial charge in [0.25, 0.3) is 5.91 Å². The Morgan fingerprint density at radius 3 is 2.27 bits per heavy atom. The standard InChI is InChI=1S/C24H30ClN3O2/c1-4-18-5-7-19(8-6-18)24(30)26-20-9-10-22(21(25)16-20)27-11-13-28(14-12-27)23(29)15-17(2)3/h5-10,16-17H,4,11-15H2,1-3H3,(H,26,30). The van der Waals surface area contributed by atoms with Crippen molar-refractivity contribution < 1.29 is 9.59 Å². The summed E-state index contributed by atoms with van der Waals surface area (Å²) in [6, 6.07) is 13.2. The largest absolute Gasteiger partial charge is 0.367 e. The van der Waals surface area contributed by atoms with Crippen LogP contribution in [0, 0.1) is 5.92 Å². The first-order valence-corrected chi connectivity index (χ1v) is 11.0. The van der Waals surface area contributed by atoms with Gasteiger partial charge in [-0.3, -0.25) is 9.59 Å². The lowest BCUT2D eigenvalue weighted by Gasteiger charge is -2.36. The Morgan fingerprint density at radius 2 is 1.70 bits per heavy atom. The fraction of sp³-hybridized carbons (Fsp3) is 0.417. The average molecular weight is 428 g/mol. The Hall–Kier alpha value is -2.53. The molecule has 2 aromatic rings. The molecule has 0 bridgehead atoms. The van der Waals surface area contributed by atoms with Crippen molar-refractivity contribution in [3.8, 4) is 0 Å². The van der Waals surface area contributed by atoms with Crippen LogP contribution in [0.1, 0.15) is 43.1 Å². The van der Waals surface area contributed by atoms with Crippen molar-refractivity contribution in [1.29, 1.82) is 0 Å². The van der Waals surface area contributed by atoms with E-state index in [4.69, 9.17) is 11.6 Å². The zero-order valence-electron chi connectivity index (χ0n) is 18.0. The molecular weight excluding hydrogens is 398 g/mol. The minimum absolute atomic E-state index is 0.154. The summed E-state index contributed by atoms with van der Waals surface area (Å²) in [5.41, 5.74) is 3.41. The maximum absolute atomic E-state index is 12.5. The SMILES string of the molecule is CCc1ccc(C(=O)Nc2ccc(N3CCN(C(=O)CC(C)C)CC3)c(Cl)c2)cc1. The van der Waals surface area contributed by atoms with Crippen LogP contribution in [-0.2, 0) is 11.2 Å². The Kier molecular flexibility index (Phi) is 7.38. The van der Waals surface area contributed by atoms with Gasteiger partial charge in [-0.05, 0) is 48.2 Å². The van der Waals surface area contributed by atoms with Gasteiger partial charge >= 0.3 is 0 Å². The van der Waals surface area contributed by atoms with Crippen molar-refractivity contribution >= 4 is 34.8 Å². The van der Waals surface area contributed by atoms with Gasteiger partial charge in [0.15, 0.2) is 0 Å². The normalized spacial score (nSPS) is 14.2. The Morgan fingerprint density at radius 1 is 1.03 bits per heavy atom. The number of rotatable bonds is 6. The van der Waals surface area contributed by atoms with Crippen molar-refractivity contribution in [3.63, 3.8) is 0 Å². The molecule has 0 aliphatic carbocycles. The summed E-state index contributed by atoms with van der Waals surface area (Å²) >= 11 is 6.53. The van der Waals surface area contributed by atoms with Crippen LogP contribution in [0.4, 0.5) is 11.4 Å². The van der Waals surface area contributed by atoms with E-state index in [1.807, 2.05) is 41.3 Å². The second-order valence-electron chi connectivity index (χ2n) is 8.14. The maximum Gasteiger partial charge on any atom is 0.255 e. The molecule has 5 nitrogen and oxygen atoms in total. The lowest BCUT2D eigenvalue weighted by Crippen LogP contribution is -2.49. The van der Waals surface area contributed by atoms with Gasteiger partial charge in [0.2, 0.25) is 5.91 Å². The number of hydrogen-bond donors (Lipinski definition) is 1. The molecule has 0 saturated carbocycles. The zero-order valence-corrected chi connectivity index (χ0v) is 18.7. The summed E-state index contributed by atoms with van der Waals surface area (Å²) in [5.74, 6) is 0.442. The molecule has 3 rings (SSSR count). The number of carbonyl (C=O) groups is 2. The molecule has 0 unspecified atom stereocenters.